The van der Waals surface area contributed by atoms with E-state index in [1.54, 1.807) is 0 Å². The lowest BCUT2D eigenvalue weighted by Crippen LogP contribution is -2.11. The Balaban J connectivity index is 1.11. The molecule has 0 saturated heterocycles. The topological polar surface area (TPSA) is 51.1 Å². The van der Waals surface area contributed by atoms with Gasteiger partial charge in [-0.25, -0.2) is 15.0 Å². The van der Waals surface area contributed by atoms with Crippen LogP contribution in [0.3, 0.4) is 0 Å². The van der Waals surface area contributed by atoms with Crippen LogP contribution < -0.4 is 9.64 Å². The fraction of sp³-hybridized carbons (Fsp3) is 0. The third-order valence-electron chi connectivity index (χ3n) is 9.91. The number of ether oxygens (including phenoxy) is 1. The highest BCUT2D eigenvalue weighted by Crippen LogP contribution is 2.51. The summed E-state index contributed by atoms with van der Waals surface area (Å²) >= 11 is 0. The standard InChI is InChI=1S/C49H32N4O/c1-5-14-33(15-6-1)34-24-27-39(28-25-34)53(38-20-11-4-12-21-38)43-29-31-45-46-40(22-13-23-41(43)46)42-32-37(26-30-44(42)54-45)49-51-47(35-16-7-2-8-17-35)50-48(52-49)36-18-9-3-10-19-36/h1-32H. The van der Waals surface area contributed by atoms with E-state index in [-0.39, 0.29) is 0 Å². The summed E-state index contributed by atoms with van der Waals surface area (Å²) in [6.07, 6.45) is 0. The van der Waals surface area contributed by atoms with Crippen LogP contribution in [-0.2, 0) is 0 Å². The molecule has 0 amide bonds. The zero-order valence-electron chi connectivity index (χ0n) is 29.2. The van der Waals surface area contributed by atoms with Gasteiger partial charge in [-0.3, -0.25) is 0 Å². The van der Waals surface area contributed by atoms with Crippen LogP contribution in [0.4, 0.5) is 17.1 Å². The average Bonchev–Trinajstić information content (AvgIpc) is 3.26. The van der Waals surface area contributed by atoms with Crippen molar-refractivity contribution >= 4 is 27.8 Å². The van der Waals surface area contributed by atoms with Crippen molar-refractivity contribution in [2.75, 3.05) is 4.90 Å². The highest BCUT2D eigenvalue weighted by atomic mass is 16.5. The minimum absolute atomic E-state index is 0.603. The molecule has 5 heteroatoms. The van der Waals surface area contributed by atoms with Crippen LogP contribution in [0.5, 0.6) is 11.5 Å². The van der Waals surface area contributed by atoms with Crippen LogP contribution in [-0.4, -0.2) is 15.0 Å². The van der Waals surface area contributed by atoms with Gasteiger partial charge in [0.25, 0.3) is 0 Å². The van der Waals surface area contributed by atoms with Crippen molar-refractivity contribution in [3.8, 4) is 67.9 Å². The van der Waals surface area contributed by atoms with Gasteiger partial charge in [0, 0.05) is 44.4 Å². The number of nitrogens with zero attached hydrogens (tertiary/aromatic N) is 4. The first-order chi connectivity index (χ1) is 26.8. The minimum Gasteiger partial charge on any atom is -0.456 e. The third-order valence-corrected chi connectivity index (χ3v) is 9.91. The highest BCUT2D eigenvalue weighted by molar-refractivity contribution is 6.11. The largest absolute Gasteiger partial charge is 0.456 e. The summed E-state index contributed by atoms with van der Waals surface area (Å²) in [6, 6.07) is 66.9. The van der Waals surface area contributed by atoms with Gasteiger partial charge in [-0.15, -0.1) is 0 Å². The molecular formula is C49H32N4O. The fourth-order valence-electron chi connectivity index (χ4n) is 7.33. The molecule has 0 aliphatic carbocycles. The van der Waals surface area contributed by atoms with Crippen LogP contribution in [0, 0.1) is 0 Å². The van der Waals surface area contributed by atoms with E-state index in [2.05, 4.69) is 120 Å². The van der Waals surface area contributed by atoms with Crippen LogP contribution in [0.15, 0.2) is 194 Å². The molecule has 0 bridgehead atoms. The lowest BCUT2D eigenvalue weighted by Gasteiger charge is -2.29. The Hall–Kier alpha value is -7.37. The second kappa shape index (κ2) is 13.3. The quantitative estimate of drug-likeness (QED) is 0.166. The fourth-order valence-corrected chi connectivity index (χ4v) is 7.33. The SMILES string of the molecule is c1ccc(-c2ccc(N(c3ccccc3)c3ccc4c5c(cccc35)-c3cc(-c5nc(-c6ccccc6)nc(-c6ccccc6)n5)ccc3O4)cc2)cc1. The highest BCUT2D eigenvalue weighted by Gasteiger charge is 2.25. The van der Waals surface area contributed by atoms with E-state index in [9.17, 15) is 0 Å². The number of hydrogen-bond acceptors (Lipinski definition) is 5. The van der Waals surface area contributed by atoms with Crippen LogP contribution >= 0.6 is 0 Å². The molecule has 254 valence electrons. The molecule has 9 aromatic rings. The van der Waals surface area contributed by atoms with Crippen molar-refractivity contribution in [3.05, 3.63) is 194 Å². The molecule has 0 atom stereocenters. The zero-order valence-corrected chi connectivity index (χ0v) is 29.2. The van der Waals surface area contributed by atoms with E-state index in [0.29, 0.717) is 17.5 Å². The Bertz CT molecular complexity index is 2710. The zero-order chi connectivity index (χ0) is 35.8. The Kier molecular flexibility index (Phi) is 7.73. The number of anilines is 3. The van der Waals surface area contributed by atoms with E-state index in [4.69, 9.17) is 19.7 Å². The van der Waals surface area contributed by atoms with E-state index in [1.165, 1.54) is 11.1 Å². The van der Waals surface area contributed by atoms with Gasteiger partial charge in [0.2, 0.25) is 0 Å². The van der Waals surface area contributed by atoms with Gasteiger partial charge >= 0.3 is 0 Å². The second-order valence-corrected chi connectivity index (χ2v) is 13.2. The Morgan fingerprint density at radius 2 is 0.852 bits per heavy atom. The average molecular weight is 693 g/mol. The first-order valence-electron chi connectivity index (χ1n) is 18.0. The summed E-state index contributed by atoms with van der Waals surface area (Å²) < 4.78 is 6.67. The predicted molar refractivity (Wildman–Crippen MR) is 219 cm³/mol. The number of para-hydroxylation sites is 1. The lowest BCUT2D eigenvalue weighted by atomic mass is 9.92. The predicted octanol–water partition coefficient (Wildman–Crippen LogP) is 12.9. The van der Waals surface area contributed by atoms with Crippen molar-refractivity contribution in [1.29, 1.82) is 0 Å². The Labute approximate surface area is 313 Å². The summed E-state index contributed by atoms with van der Waals surface area (Å²) in [5, 5.41) is 2.15. The van der Waals surface area contributed by atoms with Gasteiger partial charge in [0.15, 0.2) is 17.5 Å². The van der Waals surface area contributed by atoms with Gasteiger partial charge in [-0.1, -0.05) is 140 Å². The molecule has 0 saturated carbocycles. The van der Waals surface area contributed by atoms with Gasteiger partial charge < -0.3 is 9.64 Å². The third kappa shape index (κ3) is 5.65. The monoisotopic (exact) mass is 692 g/mol. The molecule has 1 aliphatic rings. The summed E-state index contributed by atoms with van der Waals surface area (Å²) in [6.45, 7) is 0. The van der Waals surface area contributed by atoms with Gasteiger partial charge in [-0.05, 0) is 71.3 Å². The molecule has 1 aromatic heterocycles. The molecule has 10 rings (SSSR count). The maximum absolute atomic E-state index is 6.67. The molecule has 2 heterocycles. The molecule has 8 aromatic carbocycles. The maximum atomic E-state index is 6.67. The molecule has 0 unspecified atom stereocenters. The van der Waals surface area contributed by atoms with Crippen LogP contribution in [0.2, 0.25) is 0 Å². The van der Waals surface area contributed by atoms with Gasteiger partial charge in [0.1, 0.15) is 11.5 Å². The summed E-state index contributed by atoms with van der Waals surface area (Å²) in [7, 11) is 0. The number of aromatic nitrogens is 3. The molecule has 54 heavy (non-hydrogen) atoms. The normalized spacial score (nSPS) is 11.5. The van der Waals surface area contributed by atoms with Crippen molar-refractivity contribution in [1.82, 2.24) is 15.0 Å². The second-order valence-electron chi connectivity index (χ2n) is 13.2. The molecule has 0 spiro atoms. The molecule has 0 fully saturated rings. The van der Waals surface area contributed by atoms with Crippen LogP contribution in [0.1, 0.15) is 0 Å². The number of fused-ring (bicyclic) bond motifs is 2. The summed E-state index contributed by atoms with van der Waals surface area (Å²) in [4.78, 5) is 17.2. The summed E-state index contributed by atoms with van der Waals surface area (Å²) in [5.41, 5.74) is 10.4. The van der Waals surface area contributed by atoms with Crippen molar-refractivity contribution in [2.45, 2.75) is 0 Å². The molecule has 0 radical (unpaired) electrons. The number of hydrogen-bond donors (Lipinski definition) is 0. The molecule has 5 nitrogen and oxygen atoms in total. The number of rotatable bonds is 7. The van der Waals surface area contributed by atoms with E-state index in [1.807, 2.05) is 78.9 Å². The Morgan fingerprint density at radius 3 is 1.48 bits per heavy atom. The summed E-state index contributed by atoms with van der Waals surface area (Å²) in [5.74, 6) is 3.48. The van der Waals surface area contributed by atoms with Crippen molar-refractivity contribution < 1.29 is 4.74 Å². The molecule has 0 N–H and O–H groups in total. The van der Waals surface area contributed by atoms with Crippen molar-refractivity contribution in [2.24, 2.45) is 0 Å². The van der Waals surface area contributed by atoms with Gasteiger partial charge in [0.05, 0.1) is 5.69 Å². The van der Waals surface area contributed by atoms with E-state index >= 15 is 0 Å². The van der Waals surface area contributed by atoms with E-state index in [0.717, 1.165) is 67.2 Å². The molecular weight excluding hydrogens is 661 g/mol. The van der Waals surface area contributed by atoms with Gasteiger partial charge in [-0.2, -0.15) is 0 Å². The molecule has 1 aliphatic heterocycles. The smallest absolute Gasteiger partial charge is 0.164 e. The minimum atomic E-state index is 0.603. The van der Waals surface area contributed by atoms with E-state index < -0.39 is 0 Å². The van der Waals surface area contributed by atoms with Crippen molar-refractivity contribution in [3.63, 3.8) is 0 Å². The first-order valence-corrected chi connectivity index (χ1v) is 18.0. The number of benzene rings is 8. The first kappa shape index (κ1) is 31.4. The maximum Gasteiger partial charge on any atom is 0.164 e. The van der Waals surface area contributed by atoms with Crippen LogP contribution in [0.25, 0.3) is 67.2 Å². The lowest BCUT2D eigenvalue weighted by molar-refractivity contribution is 0.487. The Morgan fingerprint density at radius 1 is 0.352 bits per heavy atom.